The zero-order valence-electron chi connectivity index (χ0n) is 15.2. The van der Waals surface area contributed by atoms with Crippen LogP contribution in [0.25, 0.3) is 0 Å². The zero-order valence-corrected chi connectivity index (χ0v) is 16.1. The molecule has 0 aliphatic carbocycles. The van der Waals surface area contributed by atoms with Crippen LogP contribution in [0.5, 0.6) is 5.75 Å². The van der Waals surface area contributed by atoms with Gasteiger partial charge in [0.05, 0.1) is 18.2 Å². The Morgan fingerprint density at radius 3 is 2.69 bits per heavy atom. The Morgan fingerprint density at radius 1 is 1.27 bits per heavy atom. The molecule has 1 heterocycles. The highest BCUT2D eigenvalue weighted by Gasteiger charge is 2.31. The lowest BCUT2D eigenvalue weighted by Gasteiger charge is -2.31. The number of aryl methyl sites for hydroxylation is 1. The number of nitrogens with zero attached hydrogens (tertiary/aromatic N) is 2. The highest BCUT2D eigenvalue weighted by molar-refractivity contribution is 5.94. The number of hydrogen-bond acceptors (Lipinski definition) is 3. The number of hydrogen-bond donors (Lipinski definition) is 0. The van der Waals surface area contributed by atoms with E-state index in [0.717, 1.165) is 16.9 Å². The van der Waals surface area contributed by atoms with Crippen LogP contribution in [0.15, 0.2) is 42.5 Å². The fourth-order valence-corrected chi connectivity index (χ4v) is 3.16. The predicted molar refractivity (Wildman–Crippen MR) is 103 cm³/mol. The maximum Gasteiger partial charge on any atom is 0.257 e. The van der Waals surface area contributed by atoms with Crippen LogP contribution >= 0.6 is 12.4 Å². The highest BCUT2D eigenvalue weighted by atomic mass is 35.5. The SMILES string of the molecule is Cc1ccc2c(c1)CN(C(=O)c1ccccc1F)C(CN(C)C)CO2.Cl. The first kappa shape index (κ1) is 20.2. The standard InChI is InChI=1S/C20H23FN2O2.ClH/c1-14-8-9-19-15(10-14)11-23(16(13-25-19)12-22(2)3)20(24)17-6-4-5-7-18(17)21;/h4-10,16H,11-13H2,1-3H3;1H. The summed E-state index contributed by atoms with van der Waals surface area (Å²) >= 11 is 0. The third-order valence-electron chi connectivity index (χ3n) is 4.37. The molecule has 0 N–H and O–H groups in total. The van der Waals surface area contributed by atoms with Crippen molar-refractivity contribution in [2.75, 3.05) is 27.2 Å². The summed E-state index contributed by atoms with van der Waals surface area (Å²) in [4.78, 5) is 16.8. The largest absolute Gasteiger partial charge is 0.491 e. The summed E-state index contributed by atoms with van der Waals surface area (Å²) in [7, 11) is 3.90. The number of likely N-dealkylation sites (N-methyl/N-ethyl adjacent to an activating group) is 1. The number of ether oxygens (including phenoxy) is 1. The summed E-state index contributed by atoms with van der Waals surface area (Å²) in [6.45, 7) is 3.44. The molecule has 1 unspecified atom stereocenters. The minimum Gasteiger partial charge on any atom is -0.491 e. The average Bonchev–Trinajstić information content (AvgIpc) is 2.74. The summed E-state index contributed by atoms with van der Waals surface area (Å²) in [5.74, 6) is -0.00756. The Hall–Kier alpha value is -2.11. The quantitative estimate of drug-likeness (QED) is 0.819. The average molecular weight is 379 g/mol. The third-order valence-corrected chi connectivity index (χ3v) is 4.37. The van der Waals surface area contributed by atoms with Gasteiger partial charge in [-0.15, -0.1) is 12.4 Å². The second-order valence-corrected chi connectivity index (χ2v) is 6.75. The van der Waals surface area contributed by atoms with Crippen LogP contribution in [0.1, 0.15) is 21.5 Å². The number of carbonyl (C=O) groups is 1. The molecule has 3 rings (SSSR count). The van der Waals surface area contributed by atoms with Crippen molar-refractivity contribution in [1.82, 2.24) is 9.80 Å². The first-order valence-corrected chi connectivity index (χ1v) is 8.38. The van der Waals surface area contributed by atoms with Crippen molar-refractivity contribution in [3.05, 3.63) is 65.0 Å². The maximum absolute atomic E-state index is 14.2. The fourth-order valence-electron chi connectivity index (χ4n) is 3.16. The molecule has 4 nitrogen and oxygen atoms in total. The van der Waals surface area contributed by atoms with Crippen molar-refractivity contribution in [2.24, 2.45) is 0 Å². The Bertz CT molecular complexity index is 782. The van der Waals surface area contributed by atoms with E-state index in [4.69, 9.17) is 4.74 Å². The molecule has 0 spiro atoms. The van der Waals surface area contributed by atoms with Crippen LogP contribution in [-0.2, 0) is 6.54 Å². The number of rotatable bonds is 3. The van der Waals surface area contributed by atoms with Crippen LogP contribution in [-0.4, -0.2) is 49.0 Å². The smallest absolute Gasteiger partial charge is 0.257 e. The normalized spacial score (nSPS) is 16.3. The minimum atomic E-state index is -0.495. The Balaban J connectivity index is 0.00000243. The van der Waals surface area contributed by atoms with Gasteiger partial charge in [-0.1, -0.05) is 29.8 Å². The number of halogens is 2. The number of carbonyl (C=O) groups excluding carboxylic acids is 1. The van der Waals surface area contributed by atoms with Crippen LogP contribution in [0.2, 0.25) is 0 Å². The fraction of sp³-hybridized carbons (Fsp3) is 0.350. The van der Waals surface area contributed by atoms with Crippen molar-refractivity contribution >= 4 is 18.3 Å². The molecule has 0 saturated heterocycles. The topological polar surface area (TPSA) is 32.8 Å². The molecule has 0 fully saturated rings. The third kappa shape index (κ3) is 4.34. The number of amides is 1. The van der Waals surface area contributed by atoms with Crippen LogP contribution in [0.4, 0.5) is 4.39 Å². The molecule has 26 heavy (non-hydrogen) atoms. The van der Waals surface area contributed by atoms with E-state index in [0.29, 0.717) is 19.7 Å². The number of fused-ring (bicyclic) bond motifs is 1. The van der Waals surface area contributed by atoms with E-state index in [2.05, 4.69) is 0 Å². The molecule has 1 amide bonds. The van der Waals surface area contributed by atoms with Crippen molar-refractivity contribution in [1.29, 1.82) is 0 Å². The van der Waals surface area contributed by atoms with Gasteiger partial charge in [-0.3, -0.25) is 4.79 Å². The molecule has 140 valence electrons. The van der Waals surface area contributed by atoms with E-state index in [9.17, 15) is 9.18 Å². The molecule has 2 aromatic rings. The Kier molecular flexibility index (Phi) is 6.62. The van der Waals surface area contributed by atoms with E-state index in [-0.39, 0.29) is 29.9 Å². The van der Waals surface area contributed by atoms with Gasteiger partial charge in [-0.2, -0.15) is 0 Å². The molecule has 0 radical (unpaired) electrons. The van der Waals surface area contributed by atoms with Gasteiger partial charge in [0, 0.05) is 12.1 Å². The molecule has 6 heteroatoms. The van der Waals surface area contributed by atoms with Gasteiger partial charge >= 0.3 is 0 Å². The van der Waals surface area contributed by atoms with Crippen LogP contribution in [0.3, 0.4) is 0 Å². The van der Waals surface area contributed by atoms with Gasteiger partial charge in [0.2, 0.25) is 0 Å². The summed E-state index contributed by atoms with van der Waals surface area (Å²) in [6.07, 6.45) is 0. The summed E-state index contributed by atoms with van der Waals surface area (Å²) in [6, 6.07) is 11.9. The van der Waals surface area contributed by atoms with Gasteiger partial charge in [0.25, 0.3) is 5.91 Å². The molecular formula is C20H24ClFN2O2. The highest BCUT2D eigenvalue weighted by Crippen LogP contribution is 2.27. The van der Waals surface area contributed by atoms with Gasteiger partial charge in [0.15, 0.2) is 0 Å². The van der Waals surface area contributed by atoms with Gasteiger partial charge in [0.1, 0.15) is 18.2 Å². The van der Waals surface area contributed by atoms with Crippen molar-refractivity contribution < 1.29 is 13.9 Å². The van der Waals surface area contributed by atoms with E-state index >= 15 is 0 Å². The second kappa shape index (κ2) is 8.52. The van der Waals surface area contributed by atoms with Gasteiger partial charge in [-0.25, -0.2) is 4.39 Å². The lowest BCUT2D eigenvalue weighted by Crippen LogP contribution is -2.47. The van der Waals surface area contributed by atoms with Gasteiger partial charge in [-0.05, 0) is 39.2 Å². The Morgan fingerprint density at radius 2 is 2.00 bits per heavy atom. The maximum atomic E-state index is 14.2. The number of benzene rings is 2. The predicted octanol–water partition coefficient (Wildman–Crippen LogP) is 3.52. The zero-order chi connectivity index (χ0) is 18.0. The van der Waals surface area contributed by atoms with Gasteiger partial charge < -0.3 is 14.5 Å². The van der Waals surface area contributed by atoms with Crippen LogP contribution < -0.4 is 4.74 Å². The van der Waals surface area contributed by atoms with E-state index in [1.54, 1.807) is 17.0 Å². The molecular weight excluding hydrogens is 355 g/mol. The molecule has 0 bridgehead atoms. The molecule has 0 aromatic heterocycles. The first-order valence-electron chi connectivity index (χ1n) is 8.38. The van der Waals surface area contributed by atoms with E-state index in [1.165, 1.54) is 12.1 Å². The molecule has 2 aromatic carbocycles. The van der Waals surface area contributed by atoms with E-state index < -0.39 is 5.82 Å². The summed E-state index contributed by atoms with van der Waals surface area (Å²) in [5, 5.41) is 0. The summed E-state index contributed by atoms with van der Waals surface area (Å²) in [5.41, 5.74) is 2.15. The lowest BCUT2D eigenvalue weighted by molar-refractivity contribution is 0.0579. The molecule has 1 aliphatic rings. The van der Waals surface area contributed by atoms with Crippen molar-refractivity contribution in [3.63, 3.8) is 0 Å². The van der Waals surface area contributed by atoms with Crippen molar-refractivity contribution in [2.45, 2.75) is 19.5 Å². The lowest BCUT2D eigenvalue weighted by atomic mass is 10.1. The minimum absolute atomic E-state index is 0. The molecule has 1 aliphatic heterocycles. The Labute approximate surface area is 160 Å². The van der Waals surface area contributed by atoms with Crippen LogP contribution in [0, 0.1) is 12.7 Å². The summed E-state index contributed by atoms with van der Waals surface area (Å²) < 4.78 is 20.1. The van der Waals surface area contributed by atoms with Crippen molar-refractivity contribution in [3.8, 4) is 5.75 Å². The monoisotopic (exact) mass is 378 g/mol. The molecule has 0 saturated carbocycles. The van der Waals surface area contributed by atoms with E-state index in [1.807, 2.05) is 44.1 Å². The first-order chi connectivity index (χ1) is 12.0. The second-order valence-electron chi connectivity index (χ2n) is 6.75. The molecule has 1 atom stereocenters.